The van der Waals surface area contributed by atoms with Gasteiger partial charge in [-0.05, 0) is 133 Å². The van der Waals surface area contributed by atoms with Gasteiger partial charge in [-0.1, -0.05) is 360 Å². The van der Waals surface area contributed by atoms with Gasteiger partial charge in [0.15, 0.2) is 11.6 Å². The minimum atomic E-state index is -0.149. The molecule has 634 valence electrons. The second-order valence-electron chi connectivity index (χ2n) is 34.6. The molecule has 0 aliphatic heterocycles. The van der Waals surface area contributed by atoms with Gasteiger partial charge in [-0.15, -0.1) is 68.0 Å². The molecule has 0 N–H and O–H groups in total. The van der Waals surface area contributed by atoms with E-state index in [-0.39, 0.29) is 23.0 Å². The number of thiophene rings is 6. The summed E-state index contributed by atoms with van der Waals surface area (Å²) in [5, 5.41) is 23.6. The number of nitrogens with zero attached hydrogens (tertiary/aromatic N) is 4. The van der Waals surface area contributed by atoms with Crippen LogP contribution in [0.5, 0.6) is 0 Å². The number of allylic oxidation sites excluding steroid dienone is 6. The molecule has 0 fully saturated rings. The lowest BCUT2D eigenvalue weighted by atomic mass is 9.91. The van der Waals surface area contributed by atoms with Crippen molar-refractivity contribution in [3.05, 3.63) is 195 Å². The first-order valence-electron chi connectivity index (χ1n) is 47.2. The number of unbranched alkanes of at least 4 members (excludes halogenated alkanes) is 34. The Morgan fingerprint density at radius 3 is 0.967 bits per heavy atom. The monoisotopic (exact) mass is 1710 g/mol. The minimum Gasteiger partial charge on any atom is -0.289 e. The highest BCUT2D eigenvalue weighted by Crippen LogP contribution is 2.57. The highest BCUT2D eigenvalue weighted by atomic mass is 32.1. The quantitative estimate of drug-likeness (QED) is 0.0164. The Morgan fingerprint density at radius 2 is 0.658 bits per heavy atom. The van der Waals surface area contributed by atoms with Gasteiger partial charge >= 0.3 is 0 Å². The number of carbonyl (C=O) groups is 2. The zero-order valence-corrected chi connectivity index (χ0v) is 78.4. The van der Waals surface area contributed by atoms with Crippen LogP contribution in [0.1, 0.15) is 387 Å². The molecule has 0 amide bonds. The lowest BCUT2D eigenvalue weighted by Gasteiger charge is -2.16. The van der Waals surface area contributed by atoms with Gasteiger partial charge in [-0.2, -0.15) is 0 Å². The summed E-state index contributed by atoms with van der Waals surface area (Å²) >= 11 is 11.4. The molecule has 0 saturated carbocycles. The molecule has 0 bridgehead atoms. The van der Waals surface area contributed by atoms with Crippen LogP contribution in [0, 0.1) is 47.6 Å². The average Bonchev–Trinajstić information content (AvgIpc) is 1.56. The third-order valence-electron chi connectivity index (χ3n) is 25.2. The topological polar surface area (TPSA) is 90.4 Å². The summed E-state index contributed by atoms with van der Waals surface area (Å²) in [6.07, 6.45) is 64.6. The number of ketones is 2. The maximum atomic E-state index is 14.7. The van der Waals surface area contributed by atoms with Crippen molar-refractivity contribution in [2.24, 2.45) is 11.8 Å². The molecular weight excluding hydrogens is 1580 g/mol. The van der Waals surface area contributed by atoms with E-state index in [1.165, 1.54) is 313 Å². The molecule has 6 aromatic heterocycles. The van der Waals surface area contributed by atoms with Gasteiger partial charge < -0.3 is 0 Å². The molecule has 0 saturated heterocycles. The van der Waals surface area contributed by atoms with Crippen molar-refractivity contribution in [2.75, 3.05) is 0 Å². The molecule has 0 unspecified atom stereocenters. The number of nitriles is 2. The first-order chi connectivity index (χ1) is 59.0. The van der Waals surface area contributed by atoms with Gasteiger partial charge in [0.05, 0.1) is 25.3 Å². The zero-order chi connectivity index (χ0) is 84.2. The highest BCUT2D eigenvalue weighted by molar-refractivity contribution is 7.29. The smallest absolute Gasteiger partial charge is 0.270 e. The predicted molar refractivity (Wildman–Crippen MR) is 525 cm³/mol. The number of carbonyl (C=O) groups excluding carboxylic acids is 2. The number of aryl methyl sites for hydroxylation is 2. The van der Waals surface area contributed by atoms with E-state index >= 15 is 0 Å². The molecule has 9 aromatic rings. The van der Waals surface area contributed by atoms with Crippen LogP contribution in [0.25, 0.3) is 93.6 Å². The number of hydrogen-bond acceptors (Lipinski definition) is 10. The first kappa shape index (κ1) is 93.3. The Kier molecular flexibility index (Phi) is 39.2. The number of fused-ring (bicyclic) bond motifs is 4. The van der Waals surface area contributed by atoms with E-state index in [2.05, 4.69) is 112 Å². The van der Waals surface area contributed by atoms with Gasteiger partial charge in [0.25, 0.3) is 11.4 Å². The van der Waals surface area contributed by atoms with Crippen LogP contribution in [-0.4, -0.2) is 11.6 Å². The van der Waals surface area contributed by atoms with Crippen molar-refractivity contribution < 1.29 is 9.59 Å². The van der Waals surface area contributed by atoms with Crippen LogP contribution < -0.4 is 0 Å². The minimum absolute atomic E-state index is 0.0617. The molecule has 6 heterocycles. The van der Waals surface area contributed by atoms with Crippen LogP contribution in [0.2, 0.25) is 0 Å². The van der Waals surface area contributed by atoms with Gasteiger partial charge in [-0.25, -0.2) is 20.2 Å². The Bertz CT molecular complexity index is 4670. The lowest BCUT2D eigenvalue weighted by Crippen LogP contribution is -2.04. The van der Waals surface area contributed by atoms with Gasteiger partial charge in [0, 0.05) is 113 Å². The third-order valence-corrected chi connectivity index (χ3v) is 32.4. The molecule has 6 nitrogen and oxygen atoms in total. The van der Waals surface area contributed by atoms with Crippen molar-refractivity contribution in [2.45, 2.75) is 350 Å². The average molecular weight is 1710 g/mol. The van der Waals surface area contributed by atoms with E-state index in [9.17, 15) is 20.1 Å². The molecule has 2 aliphatic rings. The van der Waals surface area contributed by atoms with Crippen LogP contribution in [0.15, 0.2) is 120 Å². The van der Waals surface area contributed by atoms with E-state index in [1.54, 1.807) is 22.7 Å². The molecule has 0 spiro atoms. The van der Waals surface area contributed by atoms with Crippen molar-refractivity contribution in [1.82, 2.24) is 0 Å². The lowest BCUT2D eigenvalue weighted by molar-refractivity contribution is 0.103. The van der Waals surface area contributed by atoms with E-state index < -0.39 is 0 Å². The molecule has 0 atom stereocenters. The summed E-state index contributed by atoms with van der Waals surface area (Å²) in [6.45, 7) is 30.2. The van der Waals surface area contributed by atoms with Gasteiger partial charge in [-0.3, -0.25) is 9.59 Å². The summed E-state index contributed by atoms with van der Waals surface area (Å²) in [5.41, 5.74) is 9.08. The predicted octanol–water partition coefficient (Wildman–Crippen LogP) is 36.6. The van der Waals surface area contributed by atoms with E-state index in [0.717, 1.165) is 86.8 Å². The Labute approximate surface area is 746 Å². The maximum Gasteiger partial charge on any atom is 0.270 e. The second kappa shape index (κ2) is 50.4. The fraction of sp³-hybridized carbons (Fsp3) is 0.519. The summed E-state index contributed by atoms with van der Waals surface area (Å²) in [6, 6.07) is 39.0. The van der Waals surface area contributed by atoms with Gasteiger partial charge in [0.1, 0.15) is 0 Å². The molecule has 120 heavy (non-hydrogen) atoms. The van der Waals surface area contributed by atoms with Gasteiger partial charge in [0.2, 0.25) is 0 Å². The third kappa shape index (κ3) is 25.4. The fourth-order valence-electron chi connectivity index (χ4n) is 18.5. The van der Waals surface area contributed by atoms with E-state index in [4.69, 9.17) is 13.1 Å². The molecule has 2 aliphatic carbocycles. The Morgan fingerprint density at radius 1 is 0.358 bits per heavy atom. The van der Waals surface area contributed by atoms with Crippen LogP contribution in [0.3, 0.4) is 0 Å². The number of benzene rings is 3. The Hall–Kier alpha value is -7.36. The summed E-state index contributed by atoms with van der Waals surface area (Å²) < 4.78 is 2.60. The summed E-state index contributed by atoms with van der Waals surface area (Å²) in [5.74, 6) is 0.966. The molecule has 12 heteroatoms. The summed E-state index contributed by atoms with van der Waals surface area (Å²) in [7, 11) is 0. The largest absolute Gasteiger partial charge is 0.289 e. The van der Waals surface area contributed by atoms with E-state index in [1.807, 2.05) is 106 Å². The molecule has 0 radical (unpaired) electrons. The highest BCUT2D eigenvalue weighted by Gasteiger charge is 2.35. The van der Waals surface area contributed by atoms with Crippen LogP contribution >= 0.6 is 68.0 Å². The second-order valence-corrected chi connectivity index (χ2v) is 41.2. The number of hydrogen-bond donors (Lipinski definition) is 0. The van der Waals surface area contributed by atoms with Crippen LogP contribution in [-0.2, 0) is 25.7 Å². The fourth-order valence-corrected chi connectivity index (χ4v) is 26.1. The van der Waals surface area contributed by atoms with Crippen molar-refractivity contribution in [3.63, 3.8) is 0 Å². The van der Waals surface area contributed by atoms with Crippen molar-refractivity contribution in [3.8, 4) is 52.5 Å². The molecule has 11 rings (SSSR count). The van der Waals surface area contributed by atoms with Crippen molar-refractivity contribution in [1.29, 1.82) is 10.5 Å². The number of rotatable bonds is 56. The Balaban J connectivity index is 1.10. The standard InChI is InChI=1S/C108H134N4O2S6/c1-9-15-21-27-31-35-39-43-53-77(54-44-40-36-32-28-22-16-10-2)67-81-63-65-95(115-81)101-91-73-97(105-79(57-47-25-19-13-5)69-83(117-105)71-89-99(93(75-109)111-7)85-59-49-51-61-87(85)103(89)113)120-108(91)102(96-66-64-82(116-96)68-78(55-45-41-37-33-29-23-17-11-3)56-46-42-38-34-30-24-18-12-4)92-74-98(119-107(92)101)106-80(58-48-26-20-14-6)70-84(118-106)72-90-100(94(76-110)112-8)86-60-50-52-62-88(86)104(90)114/h49-52,59-66,69-74,77-78H,9-48,53-58,67-68H2,1-6H3/b89-71?,90-72?,99-93-,100-94+. The van der Waals surface area contributed by atoms with Crippen molar-refractivity contribution >= 4 is 123 Å². The van der Waals surface area contributed by atoms with E-state index in [0.29, 0.717) is 56.4 Å². The molecular formula is C108H134N4O2S6. The maximum absolute atomic E-state index is 14.7. The molecule has 3 aromatic carbocycles. The number of Topliss-reactive ketones (excluding diaryl/α,β-unsaturated/α-hetero) is 2. The normalized spacial score (nSPS) is 14.2. The summed E-state index contributed by atoms with van der Waals surface area (Å²) in [4.78, 5) is 49.2. The zero-order valence-electron chi connectivity index (χ0n) is 73.5. The van der Waals surface area contributed by atoms with Crippen LogP contribution in [0.4, 0.5) is 0 Å². The SMILES string of the molecule is [C-]#[N+]/C(C#N)=C1\C(=Cc2cc(CCCCCC)c(-c3cc4c(-c5ccc(CC(CCCCCCCCCC)CCCCCCCCCC)s5)c5sc(-c6sc(C=C7C(=O)c8ccccc8/C7=C(/C#N)[N+]#[C-])cc6CCCCCC)cc5c(-c5ccc(CC(CCCCCCCCCC)CCCCCCCCCC)s5)c4s3)s2)C(=O)c2ccccc21. The first-order valence-corrected chi connectivity index (χ1v) is 52.1.